The summed E-state index contributed by atoms with van der Waals surface area (Å²) in [6.07, 6.45) is 0. The fraction of sp³-hybridized carbons (Fsp3) is 0.333. The van der Waals surface area contributed by atoms with Crippen LogP contribution in [0.2, 0.25) is 5.02 Å². The number of aryl methyl sites for hydroxylation is 1. The SMILES string of the molecule is CCN(CC)c1ccc(NC(=O)CN(C(C)=O)c2cccc(Cl)c2)c(C)c1. The van der Waals surface area contributed by atoms with Crippen molar-refractivity contribution in [2.75, 3.05) is 34.8 Å². The molecule has 0 atom stereocenters. The average molecular weight is 388 g/mol. The predicted octanol–water partition coefficient (Wildman–Crippen LogP) is 4.49. The molecule has 0 fully saturated rings. The number of carbonyl (C=O) groups excluding carboxylic acids is 2. The zero-order valence-corrected chi connectivity index (χ0v) is 17.0. The highest BCUT2D eigenvalue weighted by molar-refractivity contribution is 6.31. The van der Waals surface area contributed by atoms with Gasteiger partial charge in [0.05, 0.1) is 0 Å². The van der Waals surface area contributed by atoms with E-state index < -0.39 is 0 Å². The van der Waals surface area contributed by atoms with Crippen LogP contribution in [0.3, 0.4) is 0 Å². The molecule has 6 heteroatoms. The normalized spacial score (nSPS) is 10.4. The van der Waals surface area contributed by atoms with Gasteiger partial charge in [0, 0.05) is 42.1 Å². The highest BCUT2D eigenvalue weighted by Gasteiger charge is 2.17. The van der Waals surface area contributed by atoms with E-state index in [-0.39, 0.29) is 18.4 Å². The number of nitrogens with zero attached hydrogens (tertiary/aromatic N) is 2. The maximum absolute atomic E-state index is 12.5. The molecule has 27 heavy (non-hydrogen) atoms. The summed E-state index contributed by atoms with van der Waals surface area (Å²) < 4.78 is 0. The van der Waals surface area contributed by atoms with E-state index in [0.717, 1.165) is 30.0 Å². The Labute approximate surface area is 165 Å². The summed E-state index contributed by atoms with van der Waals surface area (Å²) >= 11 is 6.00. The molecule has 0 spiro atoms. The van der Waals surface area contributed by atoms with Crippen molar-refractivity contribution in [1.29, 1.82) is 0 Å². The largest absolute Gasteiger partial charge is 0.372 e. The summed E-state index contributed by atoms with van der Waals surface area (Å²) in [5.41, 5.74) is 3.44. The van der Waals surface area contributed by atoms with E-state index in [1.807, 2.05) is 19.1 Å². The van der Waals surface area contributed by atoms with Crippen molar-refractivity contribution in [2.45, 2.75) is 27.7 Å². The van der Waals surface area contributed by atoms with Crippen LogP contribution in [0.25, 0.3) is 0 Å². The van der Waals surface area contributed by atoms with E-state index >= 15 is 0 Å². The van der Waals surface area contributed by atoms with Crippen LogP contribution in [0, 0.1) is 6.92 Å². The number of nitrogens with one attached hydrogen (secondary N) is 1. The third kappa shape index (κ3) is 5.47. The van der Waals surface area contributed by atoms with Gasteiger partial charge in [-0.15, -0.1) is 0 Å². The molecular formula is C21H26ClN3O2. The molecule has 0 heterocycles. The maximum Gasteiger partial charge on any atom is 0.244 e. The Balaban J connectivity index is 2.13. The lowest BCUT2D eigenvalue weighted by molar-refractivity contribution is -0.120. The molecule has 2 rings (SSSR count). The molecule has 144 valence electrons. The van der Waals surface area contributed by atoms with Crippen LogP contribution in [-0.4, -0.2) is 31.4 Å². The maximum atomic E-state index is 12.5. The predicted molar refractivity (Wildman–Crippen MR) is 113 cm³/mol. The average Bonchev–Trinajstić information content (AvgIpc) is 2.62. The number of hydrogen-bond acceptors (Lipinski definition) is 3. The molecule has 2 aromatic rings. The molecular weight excluding hydrogens is 362 g/mol. The van der Waals surface area contributed by atoms with Crippen molar-refractivity contribution in [3.05, 3.63) is 53.1 Å². The molecule has 0 saturated carbocycles. The second-order valence-electron chi connectivity index (χ2n) is 6.30. The summed E-state index contributed by atoms with van der Waals surface area (Å²) in [5, 5.41) is 3.41. The quantitative estimate of drug-likeness (QED) is 0.761. The third-order valence-corrected chi connectivity index (χ3v) is 4.65. The molecule has 1 N–H and O–H groups in total. The molecule has 0 bridgehead atoms. The molecule has 0 saturated heterocycles. The van der Waals surface area contributed by atoms with Gasteiger partial charge in [-0.2, -0.15) is 0 Å². The van der Waals surface area contributed by atoms with Crippen molar-refractivity contribution in [3.8, 4) is 0 Å². The van der Waals surface area contributed by atoms with Gasteiger partial charge in [-0.05, 0) is 62.7 Å². The van der Waals surface area contributed by atoms with E-state index in [1.54, 1.807) is 24.3 Å². The first-order valence-corrected chi connectivity index (χ1v) is 9.42. The van der Waals surface area contributed by atoms with Crippen LogP contribution in [0.4, 0.5) is 17.1 Å². The lowest BCUT2D eigenvalue weighted by atomic mass is 10.1. The Bertz CT molecular complexity index is 819. The molecule has 0 aliphatic rings. The minimum absolute atomic E-state index is 0.0765. The minimum Gasteiger partial charge on any atom is -0.372 e. The van der Waals surface area contributed by atoms with Gasteiger partial charge in [-0.1, -0.05) is 17.7 Å². The number of amides is 2. The number of hydrogen-bond donors (Lipinski definition) is 1. The van der Waals surface area contributed by atoms with E-state index in [9.17, 15) is 9.59 Å². The fourth-order valence-corrected chi connectivity index (χ4v) is 3.12. The third-order valence-electron chi connectivity index (χ3n) is 4.41. The van der Waals surface area contributed by atoms with Crippen molar-refractivity contribution >= 4 is 40.5 Å². The summed E-state index contributed by atoms with van der Waals surface area (Å²) in [6, 6.07) is 12.9. The molecule has 0 radical (unpaired) electrons. The summed E-state index contributed by atoms with van der Waals surface area (Å²) in [5.74, 6) is -0.482. The van der Waals surface area contributed by atoms with Gasteiger partial charge in [0.25, 0.3) is 0 Å². The topological polar surface area (TPSA) is 52.7 Å². The monoisotopic (exact) mass is 387 g/mol. The van der Waals surface area contributed by atoms with Gasteiger partial charge in [0.15, 0.2) is 0 Å². The number of halogens is 1. The van der Waals surface area contributed by atoms with Crippen molar-refractivity contribution in [2.24, 2.45) is 0 Å². The zero-order valence-electron chi connectivity index (χ0n) is 16.3. The lowest BCUT2D eigenvalue weighted by Gasteiger charge is -2.23. The molecule has 2 amide bonds. The minimum atomic E-state index is -0.260. The zero-order chi connectivity index (χ0) is 20.0. The van der Waals surface area contributed by atoms with Gasteiger partial charge in [0.2, 0.25) is 11.8 Å². The highest BCUT2D eigenvalue weighted by Crippen LogP contribution is 2.23. The van der Waals surface area contributed by atoms with Gasteiger partial charge < -0.3 is 15.1 Å². The Morgan fingerprint density at radius 2 is 1.74 bits per heavy atom. The fourth-order valence-electron chi connectivity index (χ4n) is 2.94. The Hall–Kier alpha value is -2.53. The second kappa shape index (κ2) is 9.42. The molecule has 0 aliphatic carbocycles. The van der Waals surface area contributed by atoms with E-state index in [2.05, 4.69) is 30.1 Å². The number of benzene rings is 2. The summed E-state index contributed by atoms with van der Waals surface area (Å²) in [4.78, 5) is 28.2. The van der Waals surface area contributed by atoms with Gasteiger partial charge >= 0.3 is 0 Å². The number of rotatable bonds is 7. The smallest absolute Gasteiger partial charge is 0.244 e. The van der Waals surface area contributed by atoms with Crippen LogP contribution in [0.15, 0.2) is 42.5 Å². The van der Waals surface area contributed by atoms with Crippen LogP contribution in [-0.2, 0) is 9.59 Å². The van der Waals surface area contributed by atoms with Crippen molar-refractivity contribution in [1.82, 2.24) is 0 Å². The molecule has 0 aromatic heterocycles. The summed E-state index contributed by atoms with van der Waals surface area (Å²) in [6.45, 7) is 9.39. The molecule has 5 nitrogen and oxygen atoms in total. The first-order chi connectivity index (χ1) is 12.8. The highest BCUT2D eigenvalue weighted by atomic mass is 35.5. The number of anilines is 3. The van der Waals surface area contributed by atoms with Crippen LogP contribution in [0.5, 0.6) is 0 Å². The van der Waals surface area contributed by atoms with E-state index in [4.69, 9.17) is 11.6 Å². The molecule has 2 aromatic carbocycles. The van der Waals surface area contributed by atoms with Crippen LogP contribution in [0.1, 0.15) is 26.3 Å². The molecule has 0 unspecified atom stereocenters. The van der Waals surface area contributed by atoms with Gasteiger partial charge in [-0.3, -0.25) is 9.59 Å². The van der Waals surface area contributed by atoms with Crippen LogP contribution < -0.4 is 15.1 Å². The van der Waals surface area contributed by atoms with Gasteiger partial charge in [-0.25, -0.2) is 0 Å². The van der Waals surface area contributed by atoms with Crippen molar-refractivity contribution < 1.29 is 9.59 Å². The Morgan fingerprint density at radius 1 is 1.04 bits per heavy atom. The lowest BCUT2D eigenvalue weighted by Crippen LogP contribution is -2.36. The van der Waals surface area contributed by atoms with Crippen LogP contribution >= 0.6 is 11.6 Å². The second-order valence-corrected chi connectivity index (χ2v) is 6.74. The van der Waals surface area contributed by atoms with Crippen molar-refractivity contribution in [3.63, 3.8) is 0 Å². The van der Waals surface area contributed by atoms with Gasteiger partial charge in [0.1, 0.15) is 6.54 Å². The number of carbonyl (C=O) groups is 2. The van der Waals surface area contributed by atoms with E-state index in [1.165, 1.54) is 11.8 Å². The molecule has 0 aliphatic heterocycles. The van der Waals surface area contributed by atoms with E-state index in [0.29, 0.717) is 10.7 Å². The first kappa shape index (κ1) is 20.8. The first-order valence-electron chi connectivity index (χ1n) is 9.04. The standard InChI is InChI=1S/C21H26ClN3O2/c1-5-24(6-2)18-10-11-20(15(3)12-18)23-21(27)14-25(16(4)26)19-9-7-8-17(22)13-19/h7-13H,5-6,14H2,1-4H3,(H,23,27). The Morgan fingerprint density at radius 3 is 2.30 bits per heavy atom. The summed E-state index contributed by atoms with van der Waals surface area (Å²) in [7, 11) is 0. The Kier molecular flexibility index (Phi) is 7.25.